The van der Waals surface area contributed by atoms with Gasteiger partial charge in [0.1, 0.15) is 17.7 Å². The molecule has 2 aliphatic rings. The largest absolute Gasteiger partial charge is 0.441 e. The quantitative estimate of drug-likeness (QED) is 0.777. The monoisotopic (exact) mass is 274 g/mol. The lowest BCUT2D eigenvalue weighted by molar-refractivity contribution is -0.113. The van der Waals surface area contributed by atoms with Gasteiger partial charge >= 0.3 is 6.09 Å². The molecule has 5 nitrogen and oxygen atoms in total. The van der Waals surface area contributed by atoms with E-state index in [1.807, 2.05) is 25.1 Å². The van der Waals surface area contributed by atoms with Crippen molar-refractivity contribution in [1.29, 1.82) is 0 Å². The second-order valence-electron chi connectivity index (χ2n) is 5.75. The Balaban J connectivity index is 1.77. The minimum atomic E-state index is -0.429. The molecule has 106 valence electrons. The minimum Gasteiger partial charge on any atom is -0.441 e. The zero-order chi connectivity index (χ0) is 14.2. The van der Waals surface area contributed by atoms with Crippen molar-refractivity contribution < 1.29 is 14.3 Å². The van der Waals surface area contributed by atoms with Gasteiger partial charge in [-0.1, -0.05) is 6.07 Å². The molecule has 2 heterocycles. The van der Waals surface area contributed by atoms with Crippen LogP contribution in [0.5, 0.6) is 0 Å². The number of ether oxygens (including phenoxy) is 1. The van der Waals surface area contributed by atoms with Gasteiger partial charge in [-0.15, -0.1) is 0 Å². The SMILES string of the molecule is Cc1cccc(N2C[C@]3(CC[C@@H](C=O)CC3)OC2=O)n1. The molecule has 5 heteroatoms. The highest BCUT2D eigenvalue weighted by atomic mass is 16.6. The molecule has 1 saturated heterocycles. The first kappa shape index (κ1) is 13.1. The molecule has 1 saturated carbocycles. The highest BCUT2D eigenvalue weighted by Crippen LogP contribution is 2.39. The van der Waals surface area contributed by atoms with Gasteiger partial charge in [-0.3, -0.25) is 4.90 Å². The lowest BCUT2D eigenvalue weighted by atomic mass is 9.79. The molecule has 0 N–H and O–H groups in total. The molecule has 0 radical (unpaired) electrons. The molecule has 20 heavy (non-hydrogen) atoms. The highest BCUT2D eigenvalue weighted by molar-refractivity contribution is 5.89. The predicted molar refractivity (Wildman–Crippen MR) is 73.6 cm³/mol. The molecule has 1 aliphatic heterocycles. The smallest absolute Gasteiger partial charge is 0.416 e. The summed E-state index contributed by atoms with van der Waals surface area (Å²) in [6.07, 6.45) is 3.79. The topological polar surface area (TPSA) is 59.5 Å². The molecule has 1 aromatic heterocycles. The van der Waals surface area contributed by atoms with Crippen LogP contribution in [0.15, 0.2) is 18.2 Å². The third-order valence-corrected chi connectivity index (χ3v) is 4.25. The number of pyridine rings is 1. The number of rotatable bonds is 2. The second-order valence-corrected chi connectivity index (χ2v) is 5.75. The van der Waals surface area contributed by atoms with Gasteiger partial charge in [-0.2, -0.15) is 0 Å². The fourth-order valence-electron chi connectivity index (χ4n) is 3.04. The lowest BCUT2D eigenvalue weighted by Gasteiger charge is -2.33. The van der Waals surface area contributed by atoms with Crippen LogP contribution < -0.4 is 4.90 Å². The normalized spacial score (nSPS) is 29.6. The van der Waals surface area contributed by atoms with Crippen molar-refractivity contribution in [2.75, 3.05) is 11.4 Å². The first-order valence-corrected chi connectivity index (χ1v) is 7.01. The van der Waals surface area contributed by atoms with Crippen LogP contribution in [-0.4, -0.2) is 29.5 Å². The zero-order valence-corrected chi connectivity index (χ0v) is 11.5. The second kappa shape index (κ2) is 4.89. The summed E-state index contributed by atoms with van der Waals surface area (Å²) in [7, 11) is 0. The molecule has 3 rings (SSSR count). The van der Waals surface area contributed by atoms with Crippen LogP contribution in [0.3, 0.4) is 0 Å². The van der Waals surface area contributed by atoms with Crippen molar-refractivity contribution >= 4 is 18.2 Å². The molecule has 1 aliphatic carbocycles. The molecule has 1 aromatic rings. The van der Waals surface area contributed by atoms with E-state index in [2.05, 4.69) is 4.98 Å². The summed E-state index contributed by atoms with van der Waals surface area (Å²) in [5.74, 6) is 0.759. The Morgan fingerprint density at radius 1 is 1.40 bits per heavy atom. The Morgan fingerprint density at radius 2 is 2.15 bits per heavy atom. The van der Waals surface area contributed by atoms with Gasteiger partial charge in [-0.25, -0.2) is 9.78 Å². The third-order valence-electron chi connectivity index (χ3n) is 4.25. The Morgan fingerprint density at radius 3 is 2.80 bits per heavy atom. The number of aromatic nitrogens is 1. The number of carbonyl (C=O) groups excluding carboxylic acids is 2. The van der Waals surface area contributed by atoms with E-state index >= 15 is 0 Å². The molecule has 1 spiro atoms. The van der Waals surface area contributed by atoms with E-state index in [9.17, 15) is 9.59 Å². The summed E-state index contributed by atoms with van der Waals surface area (Å²) < 4.78 is 5.62. The maximum atomic E-state index is 12.1. The van der Waals surface area contributed by atoms with Crippen LogP contribution in [0, 0.1) is 12.8 Å². The lowest BCUT2D eigenvalue weighted by Crippen LogP contribution is -2.39. The third kappa shape index (κ3) is 2.28. The van der Waals surface area contributed by atoms with Crippen molar-refractivity contribution in [3.8, 4) is 0 Å². The molecule has 0 unspecified atom stereocenters. The number of nitrogens with zero attached hydrogens (tertiary/aromatic N) is 2. The van der Waals surface area contributed by atoms with Gasteiger partial charge in [0.05, 0.1) is 6.54 Å². The summed E-state index contributed by atoms with van der Waals surface area (Å²) in [5, 5.41) is 0. The molecule has 2 fully saturated rings. The van der Waals surface area contributed by atoms with Gasteiger partial charge in [0.2, 0.25) is 0 Å². The number of hydrogen-bond donors (Lipinski definition) is 0. The van der Waals surface area contributed by atoms with Crippen LogP contribution >= 0.6 is 0 Å². The van der Waals surface area contributed by atoms with Crippen LogP contribution in [0.25, 0.3) is 0 Å². The van der Waals surface area contributed by atoms with Crippen LogP contribution in [0.1, 0.15) is 31.4 Å². The van der Waals surface area contributed by atoms with Crippen molar-refractivity contribution in [2.45, 2.75) is 38.2 Å². The Hall–Kier alpha value is -1.91. The van der Waals surface area contributed by atoms with Crippen LogP contribution in [-0.2, 0) is 9.53 Å². The van der Waals surface area contributed by atoms with E-state index in [1.165, 1.54) is 0 Å². The van der Waals surface area contributed by atoms with Crippen molar-refractivity contribution in [2.24, 2.45) is 5.92 Å². The average Bonchev–Trinajstić information content (AvgIpc) is 2.77. The predicted octanol–water partition coefficient (Wildman–Crippen LogP) is 2.47. The standard InChI is InChI=1S/C15H18N2O3/c1-11-3-2-4-13(16-11)17-10-15(20-14(17)19)7-5-12(9-18)6-8-15/h2-4,9,12H,5-8,10H2,1H3/t12-,15-. The maximum absolute atomic E-state index is 12.1. The summed E-state index contributed by atoms with van der Waals surface area (Å²) >= 11 is 0. The van der Waals surface area contributed by atoms with E-state index in [0.717, 1.165) is 37.7 Å². The van der Waals surface area contributed by atoms with E-state index in [1.54, 1.807) is 4.90 Å². The van der Waals surface area contributed by atoms with Gasteiger partial charge in [0, 0.05) is 11.6 Å². The van der Waals surface area contributed by atoms with E-state index in [0.29, 0.717) is 12.4 Å². The summed E-state index contributed by atoms with van der Waals surface area (Å²) in [4.78, 5) is 28.9. The Bertz CT molecular complexity index is 536. The van der Waals surface area contributed by atoms with Gasteiger partial charge in [-0.05, 0) is 44.7 Å². The number of amides is 1. The van der Waals surface area contributed by atoms with Crippen molar-refractivity contribution in [1.82, 2.24) is 4.98 Å². The van der Waals surface area contributed by atoms with Crippen LogP contribution in [0.2, 0.25) is 0 Å². The number of aldehydes is 1. The fourth-order valence-corrected chi connectivity index (χ4v) is 3.04. The molecule has 0 aromatic carbocycles. The van der Waals surface area contributed by atoms with Gasteiger partial charge in [0.15, 0.2) is 0 Å². The van der Waals surface area contributed by atoms with Crippen LogP contribution in [0.4, 0.5) is 10.6 Å². The summed E-state index contributed by atoms with van der Waals surface area (Å²) in [6, 6.07) is 5.61. The van der Waals surface area contributed by atoms with Crippen molar-refractivity contribution in [3.63, 3.8) is 0 Å². The number of anilines is 1. The Kier molecular flexibility index (Phi) is 3.20. The average molecular weight is 274 g/mol. The molecule has 0 atom stereocenters. The molecule has 0 bridgehead atoms. The van der Waals surface area contributed by atoms with Crippen molar-refractivity contribution in [3.05, 3.63) is 23.9 Å². The first-order chi connectivity index (χ1) is 9.62. The molecule has 1 amide bonds. The summed E-state index contributed by atoms with van der Waals surface area (Å²) in [5.41, 5.74) is 0.447. The highest BCUT2D eigenvalue weighted by Gasteiger charge is 2.47. The molecular formula is C15H18N2O3. The van der Waals surface area contributed by atoms with E-state index in [-0.39, 0.29) is 12.0 Å². The number of aryl methyl sites for hydroxylation is 1. The maximum Gasteiger partial charge on any atom is 0.416 e. The van der Waals surface area contributed by atoms with E-state index < -0.39 is 5.60 Å². The molecular weight excluding hydrogens is 256 g/mol. The number of hydrogen-bond acceptors (Lipinski definition) is 4. The Labute approximate surface area is 117 Å². The first-order valence-electron chi connectivity index (χ1n) is 7.01. The van der Waals surface area contributed by atoms with Gasteiger partial charge in [0.25, 0.3) is 0 Å². The van der Waals surface area contributed by atoms with Gasteiger partial charge < -0.3 is 9.53 Å². The van der Waals surface area contributed by atoms with E-state index in [4.69, 9.17) is 4.74 Å². The summed E-state index contributed by atoms with van der Waals surface area (Å²) in [6.45, 7) is 2.43. The fraction of sp³-hybridized carbons (Fsp3) is 0.533. The number of carbonyl (C=O) groups is 2. The zero-order valence-electron chi connectivity index (χ0n) is 11.5. The minimum absolute atomic E-state index is 0.116.